The Morgan fingerprint density at radius 2 is 1.42 bits per heavy atom. The van der Waals surface area contributed by atoms with Gasteiger partial charge in [-0.15, -0.1) is 0 Å². The lowest BCUT2D eigenvalue weighted by atomic mass is 9.92. The number of hydrogen-bond donors (Lipinski definition) is 2. The minimum absolute atomic E-state index is 0.347. The van der Waals surface area contributed by atoms with E-state index in [-0.39, 0.29) is 6.17 Å². The molecule has 0 radical (unpaired) electrons. The Hall–Kier alpha value is -5.68. The number of amidine groups is 2. The monoisotopic (exact) mass is 556 g/mol. The van der Waals surface area contributed by atoms with Crippen molar-refractivity contribution in [2.45, 2.75) is 13.1 Å². The van der Waals surface area contributed by atoms with E-state index in [1.165, 1.54) is 21.5 Å². The lowest BCUT2D eigenvalue weighted by Gasteiger charge is -2.25. The highest BCUT2D eigenvalue weighted by atomic mass is 16.3. The van der Waals surface area contributed by atoms with Crippen LogP contribution in [0.3, 0.4) is 0 Å². The Bertz CT molecular complexity index is 2280. The maximum atomic E-state index is 6.50. The second-order valence-corrected chi connectivity index (χ2v) is 10.8. The number of rotatable bonds is 4. The largest absolute Gasteiger partial charge is 0.440 e. The van der Waals surface area contributed by atoms with Gasteiger partial charge in [0, 0.05) is 16.5 Å². The molecule has 3 N–H and O–H groups in total. The number of nitrogens with zero attached hydrogens (tertiary/aromatic N) is 2. The van der Waals surface area contributed by atoms with E-state index in [0.717, 1.165) is 44.0 Å². The van der Waals surface area contributed by atoms with Gasteiger partial charge in [0.25, 0.3) is 0 Å². The Labute approximate surface area is 248 Å². The van der Waals surface area contributed by atoms with Crippen molar-refractivity contribution in [2.24, 2.45) is 9.98 Å². The summed E-state index contributed by atoms with van der Waals surface area (Å²) in [5, 5.41) is 11.6. The van der Waals surface area contributed by atoms with Crippen LogP contribution in [-0.2, 0) is 0 Å². The molecular weight excluding hydrogens is 528 g/mol. The number of para-hydroxylation sites is 1. The summed E-state index contributed by atoms with van der Waals surface area (Å²) in [5.41, 5.74) is 11.0. The molecule has 1 aromatic heterocycles. The SMILES string of the molecule is C/C=C(/C1=NC(c2cc3ccccc3c3c2ccc2ccccc23)=NC(c2ccccc2)N1)c1c(N)oc2ccccc12. The van der Waals surface area contributed by atoms with E-state index in [2.05, 4.69) is 84.2 Å². The van der Waals surface area contributed by atoms with Crippen LogP contribution in [0.2, 0.25) is 0 Å². The van der Waals surface area contributed by atoms with Crippen LogP contribution >= 0.6 is 0 Å². The lowest BCUT2D eigenvalue weighted by Crippen LogP contribution is -2.33. The highest BCUT2D eigenvalue weighted by Gasteiger charge is 2.27. The second kappa shape index (κ2) is 10.00. The molecule has 0 saturated carbocycles. The zero-order chi connectivity index (χ0) is 28.9. The summed E-state index contributed by atoms with van der Waals surface area (Å²) in [7, 11) is 0. The average Bonchev–Trinajstić information content (AvgIpc) is 3.40. The van der Waals surface area contributed by atoms with Crippen LogP contribution < -0.4 is 11.1 Å². The van der Waals surface area contributed by atoms with Gasteiger partial charge in [-0.1, -0.05) is 115 Å². The molecule has 0 aliphatic carbocycles. The van der Waals surface area contributed by atoms with Crippen molar-refractivity contribution in [3.63, 3.8) is 0 Å². The molecule has 5 nitrogen and oxygen atoms in total. The molecule has 1 unspecified atom stereocenters. The summed E-state index contributed by atoms with van der Waals surface area (Å²) in [6.45, 7) is 2.00. The summed E-state index contributed by atoms with van der Waals surface area (Å²) in [4.78, 5) is 10.5. The summed E-state index contributed by atoms with van der Waals surface area (Å²) >= 11 is 0. The number of aliphatic imine (C=N–C) groups is 2. The zero-order valence-corrected chi connectivity index (χ0v) is 23.6. The van der Waals surface area contributed by atoms with Gasteiger partial charge < -0.3 is 15.5 Å². The molecule has 0 spiro atoms. The van der Waals surface area contributed by atoms with Crippen LogP contribution in [0.25, 0.3) is 48.9 Å². The van der Waals surface area contributed by atoms with Crippen LogP contribution in [-0.4, -0.2) is 11.7 Å². The van der Waals surface area contributed by atoms with Crippen molar-refractivity contribution in [1.29, 1.82) is 0 Å². The van der Waals surface area contributed by atoms with Crippen molar-refractivity contribution in [3.8, 4) is 0 Å². The van der Waals surface area contributed by atoms with E-state index in [1.54, 1.807) is 0 Å². The van der Waals surface area contributed by atoms with Gasteiger partial charge in [-0.3, -0.25) is 0 Å². The van der Waals surface area contributed by atoms with E-state index in [0.29, 0.717) is 17.6 Å². The van der Waals surface area contributed by atoms with Crippen LogP contribution in [0.15, 0.2) is 142 Å². The highest BCUT2D eigenvalue weighted by Crippen LogP contribution is 2.38. The molecule has 8 rings (SSSR count). The fourth-order valence-corrected chi connectivity index (χ4v) is 6.31. The van der Waals surface area contributed by atoms with E-state index in [4.69, 9.17) is 20.1 Å². The Balaban J connectivity index is 1.40. The number of nitrogens with two attached hydrogens (primary N) is 1. The second-order valence-electron chi connectivity index (χ2n) is 10.8. The molecule has 0 saturated heterocycles. The van der Waals surface area contributed by atoms with Crippen molar-refractivity contribution in [1.82, 2.24) is 5.32 Å². The number of fused-ring (bicyclic) bond motifs is 6. The number of benzene rings is 6. The van der Waals surface area contributed by atoms with Crippen LogP contribution in [0.1, 0.15) is 29.8 Å². The molecule has 2 heterocycles. The van der Waals surface area contributed by atoms with Gasteiger partial charge in [0.15, 0.2) is 11.7 Å². The fourth-order valence-electron chi connectivity index (χ4n) is 6.31. The molecule has 0 fully saturated rings. The normalized spacial score (nSPS) is 15.6. The highest BCUT2D eigenvalue weighted by molar-refractivity contribution is 6.33. The summed E-state index contributed by atoms with van der Waals surface area (Å²) < 4.78 is 5.97. The van der Waals surface area contributed by atoms with Gasteiger partial charge in [0.1, 0.15) is 17.6 Å². The van der Waals surface area contributed by atoms with Crippen LogP contribution in [0.4, 0.5) is 5.88 Å². The topological polar surface area (TPSA) is 75.9 Å². The van der Waals surface area contributed by atoms with Gasteiger partial charge in [0.05, 0.1) is 5.56 Å². The smallest absolute Gasteiger partial charge is 0.199 e. The summed E-state index contributed by atoms with van der Waals surface area (Å²) in [6.07, 6.45) is 1.69. The van der Waals surface area contributed by atoms with Gasteiger partial charge >= 0.3 is 0 Å². The maximum absolute atomic E-state index is 6.50. The Morgan fingerprint density at radius 1 is 0.744 bits per heavy atom. The standard InChI is InChI=1S/C38H28N4O/c1-2-26(34-30-18-10-11-19-32(30)43-35(34)39)37-40-36(24-13-4-3-5-14-24)41-38(42-37)31-22-25-15-7-9-17-28(25)33-27-16-8-6-12-23(27)20-21-29(31)33/h2-22,36H,39H2,1H3,(H,40,41,42)/b26-2+. The molecule has 5 heteroatoms. The molecule has 0 amide bonds. The van der Waals surface area contributed by atoms with E-state index in [9.17, 15) is 0 Å². The molecule has 6 aromatic carbocycles. The van der Waals surface area contributed by atoms with E-state index in [1.807, 2.05) is 55.5 Å². The molecular formula is C38H28N4O. The molecule has 1 atom stereocenters. The van der Waals surface area contributed by atoms with Crippen molar-refractivity contribution in [2.75, 3.05) is 5.73 Å². The average molecular weight is 557 g/mol. The van der Waals surface area contributed by atoms with Crippen molar-refractivity contribution >= 4 is 66.4 Å². The minimum Gasteiger partial charge on any atom is -0.440 e. The Morgan fingerprint density at radius 3 is 2.21 bits per heavy atom. The maximum Gasteiger partial charge on any atom is 0.199 e. The van der Waals surface area contributed by atoms with E-state index >= 15 is 0 Å². The molecule has 0 bridgehead atoms. The Kier molecular flexibility index (Phi) is 5.83. The van der Waals surface area contributed by atoms with Crippen LogP contribution in [0, 0.1) is 0 Å². The van der Waals surface area contributed by atoms with Crippen molar-refractivity contribution < 1.29 is 4.42 Å². The number of nitrogen functional groups attached to an aromatic ring is 1. The van der Waals surface area contributed by atoms with Gasteiger partial charge in [-0.2, -0.15) is 0 Å². The van der Waals surface area contributed by atoms with Gasteiger partial charge in [-0.05, 0) is 56.9 Å². The first-order chi connectivity index (χ1) is 21.2. The number of hydrogen-bond acceptors (Lipinski definition) is 5. The predicted molar refractivity (Wildman–Crippen MR) is 180 cm³/mol. The molecule has 1 aliphatic heterocycles. The predicted octanol–water partition coefficient (Wildman–Crippen LogP) is 9.03. The summed E-state index contributed by atoms with van der Waals surface area (Å²) in [5.74, 6) is 1.72. The molecule has 1 aliphatic rings. The third kappa shape index (κ3) is 4.09. The quantitative estimate of drug-likeness (QED) is 0.212. The first-order valence-corrected chi connectivity index (χ1v) is 14.5. The van der Waals surface area contributed by atoms with Gasteiger partial charge in [0.2, 0.25) is 0 Å². The lowest BCUT2D eigenvalue weighted by molar-refractivity contribution is 0.636. The van der Waals surface area contributed by atoms with Gasteiger partial charge in [-0.25, -0.2) is 9.98 Å². The van der Waals surface area contributed by atoms with Crippen LogP contribution in [0.5, 0.6) is 0 Å². The van der Waals surface area contributed by atoms with Crippen molar-refractivity contribution in [3.05, 3.63) is 144 Å². The number of furan rings is 1. The minimum atomic E-state index is -0.347. The summed E-state index contributed by atoms with van der Waals surface area (Å²) in [6, 6.07) is 41.9. The molecule has 7 aromatic rings. The molecule has 43 heavy (non-hydrogen) atoms. The third-order valence-corrected chi connectivity index (χ3v) is 8.28. The first-order valence-electron chi connectivity index (χ1n) is 14.5. The first kappa shape index (κ1) is 25.1. The number of nitrogens with one attached hydrogen (secondary N) is 1. The fraction of sp³-hybridized carbons (Fsp3) is 0.0526. The number of anilines is 1. The zero-order valence-electron chi connectivity index (χ0n) is 23.6. The van der Waals surface area contributed by atoms with E-state index < -0.39 is 0 Å². The molecule has 206 valence electrons. The number of allylic oxidation sites excluding steroid dienone is 1. The third-order valence-electron chi connectivity index (χ3n) is 8.28.